The molecule has 2 atom stereocenters. The Balaban J connectivity index is 1.61. The Hall–Kier alpha value is -0.810. The van der Waals surface area contributed by atoms with Crippen LogP contribution in [0.2, 0.25) is 5.02 Å². The molecule has 2 unspecified atom stereocenters. The zero-order chi connectivity index (χ0) is 13.5. The Kier molecular flexibility index (Phi) is 5.92. The number of nitrogens with one attached hydrogen (secondary N) is 1. The molecule has 1 heterocycles. The Labute approximate surface area is 118 Å². The van der Waals surface area contributed by atoms with Gasteiger partial charge in [-0.25, -0.2) is 0 Å². The van der Waals surface area contributed by atoms with Crippen molar-refractivity contribution in [1.29, 1.82) is 0 Å². The number of hydrogen-bond acceptors (Lipinski definition) is 4. The first kappa shape index (κ1) is 14.6. The van der Waals surface area contributed by atoms with Gasteiger partial charge in [0.05, 0.1) is 36.1 Å². The highest BCUT2D eigenvalue weighted by molar-refractivity contribution is 6.33. The van der Waals surface area contributed by atoms with Gasteiger partial charge in [0.1, 0.15) is 0 Å². The minimum absolute atomic E-state index is 0.198. The standard InChI is InChI=1S/C14H20ClNO3/c15-13-5-1-2-6-14(13)16-8-11(17)9-18-10-12-4-3-7-19-12/h1-2,5-6,11-12,16-17H,3-4,7-10H2. The van der Waals surface area contributed by atoms with Crippen molar-refractivity contribution < 1.29 is 14.6 Å². The van der Waals surface area contributed by atoms with Crippen molar-refractivity contribution in [2.24, 2.45) is 0 Å². The highest BCUT2D eigenvalue weighted by atomic mass is 35.5. The number of benzene rings is 1. The van der Waals surface area contributed by atoms with Gasteiger partial charge in [0.2, 0.25) is 0 Å². The highest BCUT2D eigenvalue weighted by Gasteiger charge is 2.16. The number of aliphatic hydroxyl groups excluding tert-OH is 1. The second-order valence-electron chi connectivity index (χ2n) is 4.69. The SMILES string of the molecule is OC(CNc1ccccc1Cl)COCC1CCCO1. The molecule has 0 spiro atoms. The second kappa shape index (κ2) is 7.70. The van der Waals surface area contributed by atoms with Crippen LogP contribution in [0, 0.1) is 0 Å². The summed E-state index contributed by atoms with van der Waals surface area (Å²) in [5.41, 5.74) is 0.822. The van der Waals surface area contributed by atoms with Gasteiger partial charge in [0.25, 0.3) is 0 Å². The molecule has 0 saturated carbocycles. The summed E-state index contributed by atoms with van der Waals surface area (Å²) < 4.78 is 10.9. The summed E-state index contributed by atoms with van der Waals surface area (Å²) in [5.74, 6) is 0. The predicted octanol–water partition coefficient (Wildman–Crippen LogP) is 2.31. The van der Waals surface area contributed by atoms with Gasteiger partial charge in [0, 0.05) is 13.2 Å². The normalized spacial score (nSPS) is 20.4. The van der Waals surface area contributed by atoms with Crippen LogP contribution in [0.4, 0.5) is 5.69 Å². The maximum atomic E-state index is 9.80. The van der Waals surface area contributed by atoms with E-state index in [1.165, 1.54) is 0 Å². The third-order valence-corrected chi connectivity index (χ3v) is 3.37. The third-order valence-electron chi connectivity index (χ3n) is 3.04. The fourth-order valence-electron chi connectivity index (χ4n) is 2.00. The second-order valence-corrected chi connectivity index (χ2v) is 5.09. The topological polar surface area (TPSA) is 50.7 Å². The van der Waals surface area contributed by atoms with Crippen LogP contribution in [0.1, 0.15) is 12.8 Å². The quantitative estimate of drug-likeness (QED) is 0.807. The molecule has 0 aliphatic carbocycles. The smallest absolute Gasteiger partial charge is 0.0945 e. The fraction of sp³-hybridized carbons (Fsp3) is 0.571. The molecule has 1 aliphatic heterocycles. The Bertz CT molecular complexity index is 383. The first-order chi connectivity index (χ1) is 9.25. The lowest BCUT2D eigenvalue weighted by molar-refractivity contribution is -0.0137. The van der Waals surface area contributed by atoms with E-state index >= 15 is 0 Å². The molecule has 2 N–H and O–H groups in total. The molecule has 0 bridgehead atoms. The van der Waals surface area contributed by atoms with Gasteiger partial charge in [0.15, 0.2) is 0 Å². The van der Waals surface area contributed by atoms with Crippen LogP contribution in [-0.2, 0) is 9.47 Å². The molecule has 1 aromatic rings. The fourth-order valence-corrected chi connectivity index (χ4v) is 2.21. The molecule has 106 valence electrons. The third kappa shape index (κ3) is 4.99. The van der Waals surface area contributed by atoms with Crippen LogP contribution in [0.15, 0.2) is 24.3 Å². The average Bonchev–Trinajstić information content (AvgIpc) is 2.91. The lowest BCUT2D eigenvalue weighted by atomic mass is 10.2. The zero-order valence-electron chi connectivity index (χ0n) is 10.8. The minimum atomic E-state index is -0.558. The van der Waals surface area contributed by atoms with Crippen LogP contribution < -0.4 is 5.32 Å². The first-order valence-electron chi connectivity index (χ1n) is 6.61. The average molecular weight is 286 g/mol. The summed E-state index contributed by atoms with van der Waals surface area (Å²) in [5, 5.41) is 13.5. The first-order valence-corrected chi connectivity index (χ1v) is 6.99. The number of halogens is 1. The molecule has 1 aromatic carbocycles. The summed E-state index contributed by atoms with van der Waals surface area (Å²) in [6.07, 6.45) is 1.79. The van der Waals surface area contributed by atoms with Crippen molar-refractivity contribution in [3.63, 3.8) is 0 Å². The number of rotatable bonds is 7. The molecule has 1 fully saturated rings. The Morgan fingerprint density at radius 1 is 1.47 bits per heavy atom. The number of para-hydroxylation sites is 1. The van der Waals surface area contributed by atoms with Gasteiger partial charge < -0.3 is 19.9 Å². The van der Waals surface area contributed by atoms with E-state index in [2.05, 4.69) is 5.32 Å². The Morgan fingerprint density at radius 2 is 2.32 bits per heavy atom. The van der Waals surface area contributed by atoms with Crippen molar-refractivity contribution in [3.8, 4) is 0 Å². The van der Waals surface area contributed by atoms with E-state index in [1.54, 1.807) is 0 Å². The molecule has 0 amide bonds. The Morgan fingerprint density at radius 3 is 3.05 bits per heavy atom. The van der Waals surface area contributed by atoms with Gasteiger partial charge >= 0.3 is 0 Å². The maximum Gasteiger partial charge on any atom is 0.0945 e. The van der Waals surface area contributed by atoms with Gasteiger partial charge in [-0.1, -0.05) is 23.7 Å². The maximum absolute atomic E-state index is 9.80. The molecule has 0 aromatic heterocycles. The molecular weight excluding hydrogens is 266 g/mol. The number of ether oxygens (including phenoxy) is 2. The molecule has 0 radical (unpaired) electrons. The largest absolute Gasteiger partial charge is 0.389 e. The van der Waals surface area contributed by atoms with E-state index in [0.29, 0.717) is 24.8 Å². The van der Waals surface area contributed by atoms with Crippen LogP contribution in [0.3, 0.4) is 0 Å². The molecule has 19 heavy (non-hydrogen) atoms. The lowest BCUT2D eigenvalue weighted by Gasteiger charge is -2.15. The van der Waals surface area contributed by atoms with Crippen molar-refractivity contribution >= 4 is 17.3 Å². The minimum Gasteiger partial charge on any atom is -0.389 e. The van der Waals surface area contributed by atoms with E-state index in [1.807, 2.05) is 24.3 Å². The summed E-state index contributed by atoms with van der Waals surface area (Å²) in [4.78, 5) is 0. The highest BCUT2D eigenvalue weighted by Crippen LogP contribution is 2.20. The number of hydrogen-bond donors (Lipinski definition) is 2. The van der Waals surface area contributed by atoms with Crippen molar-refractivity contribution in [2.75, 3.05) is 31.7 Å². The molecule has 4 nitrogen and oxygen atoms in total. The van der Waals surface area contributed by atoms with Crippen LogP contribution in [0.25, 0.3) is 0 Å². The van der Waals surface area contributed by atoms with Crippen molar-refractivity contribution in [3.05, 3.63) is 29.3 Å². The van der Waals surface area contributed by atoms with E-state index in [4.69, 9.17) is 21.1 Å². The van der Waals surface area contributed by atoms with E-state index in [0.717, 1.165) is 25.1 Å². The predicted molar refractivity (Wildman–Crippen MR) is 75.7 cm³/mol. The van der Waals surface area contributed by atoms with Gasteiger partial charge in [-0.05, 0) is 25.0 Å². The number of anilines is 1. The van der Waals surface area contributed by atoms with E-state index in [9.17, 15) is 5.11 Å². The molecule has 1 aliphatic rings. The lowest BCUT2D eigenvalue weighted by Crippen LogP contribution is -2.27. The zero-order valence-corrected chi connectivity index (χ0v) is 11.6. The van der Waals surface area contributed by atoms with Crippen molar-refractivity contribution in [1.82, 2.24) is 0 Å². The molecular formula is C14H20ClNO3. The van der Waals surface area contributed by atoms with Gasteiger partial charge in [-0.2, -0.15) is 0 Å². The summed E-state index contributed by atoms with van der Waals surface area (Å²) >= 11 is 6.01. The van der Waals surface area contributed by atoms with Crippen molar-refractivity contribution in [2.45, 2.75) is 25.0 Å². The monoisotopic (exact) mass is 285 g/mol. The van der Waals surface area contributed by atoms with E-state index < -0.39 is 6.10 Å². The molecule has 5 heteroatoms. The molecule has 1 saturated heterocycles. The summed E-state index contributed by atoms with van der Waals surface area (Å²) in [6, 6.07) is 7.45. The number of aliphatic hydroxyl groups is 1. The van der Waals surface area contributed by atoms with Crippen LogP contribution in [-0.4, -0.2) is 43.7 Å². The van der Waals surface area contributed by atoms with E-state index in [-0.39, 0.29) is 6.10 Å². The van der Waals surface area contributed by atoms with Crippen LogP contribution >= 0.6 is 11.6 Å². The van der Waals surface area contributed by atoms with Gasteiger partial charge in [-0.15, -0.1) is 0 Å². The summed E-state index contributed by atoms with van der Waals surface area (Å²) in [7, 11) is 0. The van der Waals surface area contributed by atoms with Crippen LogP contribution in [0.5, 0.6) is 0 Å². The van der Waals surface area contributed by atoms with Gasteiger partial charge in [-0.3, -0.25) is 0 Å². The summed E-state index contributed by atoms with van der Waals surface area (Å²) in [6.45, 7) is 2.10. The molecule has 2 rings (SSSR count).